The Labute approximate surface area is 149 Å². The summed E-state index contributed by atoms with van der Waals surface area (Å²) >= 11 is 0. The monoisotopic (exact) mass is 344 g/mol. The molecule has 0 unspecified atom stereocenters. The minimum absolute atomic E-state index is 0.0445. The standard InChI is InChI=1S/C21H16N2O3/c24-21(19-11-15-6-2-4-8-18(15)26-19)23-12-16(13-23)25-20-10-9-14-5-1-3-7-17(14)22-20/h1-11,16H,12-13H2. The van der Waals surface area contributed by atoms with Crippen molar-refractivity contribution in [2.24, 2.45) is 0 Å². The molecule has 26 heavy (non-hydrogen) atoms. The van der Waals surface area contributed by atoms with Gasteiger partial charge in [-0.25, -0.2) is 4.98 Å². The third-order valence-electron chi connectivity index (χ3n) is 4.63. The normalized spacial score (nSPS) is 14.5. The number of carbonyl (C=O) groups excluding carboxylic acids is 1. The summed E-state index contributed by atoms with van der Waals surface area (Å²) in [5, 5.41) is 2.01. The average Bonchev–Trinajstić information content (AvgIpc) is 3.08. The van der Waals surface area contributed by atoms with E-state index in [-0.39, 0.29) is 12.0 Å². The molecule has 0 saturated carbocycles. The maximum Gasteiger partial charge on any atom is 0.289 e. The Morgan fingerprint density at radius 1 is 1.00 bits per heavy atom. The first kappa shape index (κ1) is 15.0. The summed E-state index contributed by atoms with van der Waals surface area (Å²) in [6, 6.07) is 21.2. The summed E-state index contributed by atoms with van der Waals surface area (Å²) in [6.45, 7) is 1.06. The molecule has 2 aromatic carbocycles. The summed E-state index contributed by atoms with van der Waals surface area (Å²) in [7, 11) is 0. The number of amides is 1. The van der Waals surface area contributed by atoms with E-state index >= 15 is 0 Å². The number of hydrogen-bond donors (Lipinski definition) is 0. The Morgan fingerprint density at radius 3 is 2.62 bits per heavy atom. The number of rotatable bonds is 3. The van der Waals surface area contributed by atoms with Crippen molar-refractivity contribution in [1.82, 2.24) is 9.88 Å². The van der Waals surface area contributed by atoms with Crippen LogP contribution in [0, 0.1) is 0 Å². The molecule has 1 fully saturated rings. The largest absolute Gasteiger partial charge is 0.471 e. The number of carbonyl (C=O) groups is 1. The van der Waals surface area contributed by atoms with Gasteiger partial charge in [0.05, 0.1) is 18.6 Å². The zero-order chi connectivity index (χ0) is 17.5. The lowest BCUT2D eigenvalue weighted by atomic mass is 10.1. The van der Waals surface area contributed by atoms with Crippen molar-refractivity contribution in [3.05, 3.63) is 72.5 Å². The molecule has 0 aliphatic carbocycles. The van der Waals surface area contributed by atoms with Crippen molar-refractivity contribution in [2.45, 2.75) is 6.10 Å². The summed E-state index contributed by atoms with van der Waals surface area (Å²) in [5.41, 5.74) is 1.63. The van der Waals surface area contributed by atoms with Gasteiger partial charge in [0.25, 0.3) is 5.91 Å². The van der Waals surface area contributed by atoms with E-state index in [1.165, 1.54) is 0 Å². The lowest BCUT2D eigenvalue weighted by Crippen LogP contribution is -2.56. The zero-order valence-electron chi connectivity index (χ0n) is 14.0. The molecule has 4 aromatic rings. The lowest BCUT2D eigenvalue weighted by Gasteiger charge is -2.38. The van der Waals surface area contributed by atoms with Crippen LogP contribution in [-0.2, 0) is 0 Å². The zero-order valence-corrected chi connectivity index (χ0v) is 14.0. The van der Waals surface area contributed by atoms with Crippen LogP contribution < -0.4 is 4.74 Å². The Morgan fingerprint density at radius 2 is 1.77 bits per heavy atom. The van der Waals surface area contributed by atoms with Crippen LogP contribution in [0.25, 0.3) is 21.9 Å². The number of furan rings is 1. The van der Waals surface area contributed by atoms with Crippen molar-refractivity contribution >= 4 is 27.8 Å². The van der Waals surface area contributed by atoms with E-state index in [2.05, 4.69) is 4.98 Å². The Balaban J connectivity index is 1.25. The van der Waals surface area contributed by atoms with Crippen molar-refractivity contribution in [3.8, 4) is 5.88 Å². The van der Waals surface area contributed by atoms with Gasteiger partial charge in [-0.05, 0) is 24.3 Å². The maximum absolute atomic E-state index is 12.5. The van der Waals surface area contributed by atoms with E-state index in [9.17, 15) is 4.79 Å². The van der Waals surface area contributed by atoms with Gasteiger partial charge in [-0.3, -0.25) is 4.79 Å². The van der Waals surface area contributed by atoms with Gasteiger partial charge in [0.15, 0.2) is 5.76 Å². The Hall–Kier alpha value is -3.34. The molecule has 0 atom stereocenters. The number of pyridine rings is 1. The topological polar surface area (TPSA) is 55.6 Å². The number of hydrogen-bond acceptors (Lipinski definition) is 4. The van der Waals surface area contributed by atoms with Crippen LogP contribution in [0.5, 0.6) is 5.88 Å². The molecule has 1 amide bonds. The summed E-state index contributed by atoms with van der Waals surface area (Å²) in [6.07, 6.45) is -0.0445. The third-order valence-corrected chi connectivity index (χ3v) is 4.63. The highest BCUT2D eigenvalue weighted by Crippen LogP contribution is 2.24. The molecule has 1 aliphatic heterocycles. The molecule has 5 nitrogen and oxygen atoms in total. The fraction of sp³-hybridized carbons (Fsp3) is 0.143. The van der Waals surface area contributed by atoms with E-state index in [0.717, 1.165) is 21.9 Å². The first-order valence-corrected chi connectivity index (χ1v) is 8.56. The number of benzene rings is 2. The number of aromatic nitrogens is 1. The van der Waals surface area contributed by atoms with Crippen LogP contribution in [0.1, 0.15) is 10.6 Å². The van der Waals surface area contributed by atoms with Crippen LogP contribution in [0.2, 0.25) is 0 Å². The minimum Gasteiger partial charge on any atom is -0.471 e. The molecular formula is C21H16N2O3. The number of ether oxygens (including phenoxy) is 1. The number of para-hydroxylation sites is 2. The molecule has 128 valence electrons. The number of fused-ring (bicyclic) bond motifs is 2. The molecule has 2 aromatic heterocycles. The van der Waals surface area contributed by atoms with E-state index < -0.39 is 0 Å². The number of nitrogens with zero attached hydrogens (tertiary/aromatic N) is 2. The fourth-order valence-corrected chi connectivity index (χ4v) is 3.21. The molecule has 5 rings (SSSR count). The smallest absolute Gasteiger partial charge is 0.289 e. The van der Waals surface area contributed by atoms with Crippen molar-refractivity contribution in [1.29, 1.82) is 0 Å². The van der Waals surface area contributed by atoms with Gasteiger partial charge in [0.1, 0.15) is 11.7 Å². The molecule has 0 radical (unpaired) electrons. The maximum atomic E-state index is 12.5. The Kier molecular flexibility index (Phi) is 3.38. The van der Waals surface area contributed by atoms with Gasteiger partial charge in [-0.15, -0.1) is 0 Å². The van der Waals surface area contributed by atoms with Crippen LogP contribution in [0.15, 0.2) is 71.1 Å². The molecule has 0 N–H and O–H groups in total. The van der Waals surface area contributed by atoms with E-state index in [1.54, 1.807) is 11.0 Å². The summed E-state index contributed by atoms with van der Waals surface area (Å²) in [5.74, 6) is 0.852. The fourth-order valence-electron chi connectivity index (χ4n) is 3.21. The van der Waals surface area contributed by atoms with Gasteiger partial charge in [0.2, 0.25) is 5.88 Å². The predicted octanol–water partition coefficient (Wildman–Crippen LogP) is 3.88. The van der Waals surface area contributed by atoms with Gasteiger partial charge in [0, 0.05) is 16.8 Å². The second kappa shape index (κ2) is 5.88. The van der Waals surface area contributed by atoms with E-state index in [4.69, 9.17) is 9.15 Å². The summed E-state index contributed by atoms with van der Waals surface area (Å²) in [4.78, 5) is 18.8. The van der Waals surface area contributed by atoms with Crippen molar-refractivity contribution in [2.75, 3.05) is 13.1 Å². The highest BCUT2D eigenvalue weighted by atomic mass is 16.5. The van der Waals surface area contributed by atoms with E-state index in [1.807, 2.05) is 60.7 Å². The lowest BCUT2D eigenvalue weighted by molar-refractivity contribution is 0.0141. The summed E-state index contributed by atoms with van der Waals surface area (Å²) < 4.78 is 11.5. The second-order valence-corrected chi connectivity index (χ2v) is 6.44. The average molecular weight is 344 g/mol. The molecule has 5 heteroatoms. The molecular weight excluding hydrogens is 328 g/mol. The Bertz CT molecular complexity index is 1080. The number of likely N-dealkylation sites (tertiary alicyclic amines) is 1. The van der Waals surface area contributed by atoms with Crippen LogP contribution >= 0.6 is 0 Å². The van der Waals surface area contributed by atoms with Crippen molar-refractivity contribution in [3.63, 3.8) is 0 Å². The van der Waals surface area contributed by atoms with Crippen LogP contribution in [0.4, 0.5) is 0 Å². The highest BCUT2D eigenvalue weighted by Gasteiger charge is 2.34. The molecule has 0 bridgehead atoms. The molecule has 0 spiro atoms. The van der Waals surface area contributed by atoms with Gasteiger partial charge >= 0.3 is 0 Å². The molecule has 1 saturated heterocycles. The SMILES string of the molecule is O=C(c1cc2ccccc2o1)N1CC(Oc2ccc3ccccc3n2)C1. The van der Waals surface area contributed by atoms with Gasteiger partial charge < -0.3 is 14.1 Å². The minimum atomic E-state index is -0.104. The van der Waals surface area contributed by atoms with Gasteiger partial charge in [-0.2, -0.15) is 0 Å². The quantitative estimate of drug-likeness (QED) is 0.566. The van der Waals surface area contributed by atoms with Crippen LogP contribution in [-0.4, -0.2) is 35.0 Å². The molecule has 3 heterocycles. The molecule has 1 aliphatic rings. The van der Waals surface area contributed by atoms with Crippen molar-refractivity contribution < 1.29 is 13.9 Å². The third kappa shape index (κ3) is 2.58. The van der Waals surface area contributed by atoms with Gasteiger partial charge in [-0.1, -0.05) is 36.4 Å². The van der Waals surface area contributed by atoms with Crippen LogP contribution in [0.3, 0.4) is 0 Å². The highest BCUT2D eigenvalue weighted by molar-refractivity contribution is 5.96. The first-order chi connectivity index (χ1) is 12.8. The predicted molar refractivity (Wildman–Crippen MR) is 98.3 cm³/mol. The first-order valence-electron chi connectivity index (χ1n) is 8.56. The van der Waals surface area contributed by atoms with E-state index in [0.29, 0.717) is 24.7 Å². The second-order valence-electron chi connectivity index (χ2n) is 6.44.